The van der Waals surface area contributed by atoms with E-state index in [2.05, 4.69) is 0 Å². The monoisotopic (exact) mass is 199 g/mol. The molecule has 0 radical (unpaired) electrons. The number of ketones is 1. The van der Waals surface area contributed by atoms with Crippen molar-refractivity contribution in [3.8, 4) is 0 Å². The van der Waals surface area contributed by atoms with Gasteiger partial charge in [-0.15, -0.1) is 0 Å². The number of nitrogens with two attached hydrogens (primary N) is 1. The summed E-state index contributed by atoms with van der Waals surface area (Å²) in [6, 6.07) is -0.713. The quantitative estimate of drug-likeness (QED) is 0.694. The van der Waals surface area contributed by atoms with Crippen molar-refractivity contribution in [2.24, 2.45) is 11.7 Å². The smallest absolute Gasteiger partial charge is 0.320 e. The summed E-state index contributed by atoms with van der Waals surface area (Å²) < 4.78 is 0. The summed E-state index contributed by atoms with van der Waals surface area (Å²) in [5.41, 5.74) is 5.16. The van der Waals surface area contributed by atoms with E-state index >= 15 is 0 Å². The molecule has 0 fully saturated rings. The van der Waals surface area contributed by atoms with E-state index in [4.69, 9.17) is 10.8 Å². The molecule has 1 aliphatic rings. The number of hydrogen-bond acceptors (Lipinski definition) is 3. The lowest BCUT2D eigenvalue weighted by atomic mass is 10.1. The van der Waals surface area contributed by atoms with Crippen LogP contribution in [0.25, 0.3) is 0 Å². The molecule has 1 aliphatic carbocycles. The Hall–Kier alpha value is -1.16. The highest BCUT2D eigenvalue weighted by atomic mass is 16.4. The zero-order chi connectivity index (χ0) is 11.1. The van der Waals surface area contributed by atoms with Crippen LogP contribution in [0.15, 0.2) is 12.2 Å². The molecular formula is C10H17NO3. The fourth-order valence-electron chi connectivity index (χ4n) is 0.809. The molecular weight excluding hydrogens is 182 g/mol. The molecule has 0 spiro atoms. The van der Waals surface area contributed by atoms with Gasteiger partial charge in [-0.2, -0.15) is 0 Å². The lowest BCUT2D eigenvalue weighted by Crippen LogP contribution is -2.34. The summed E-state index contributed by atoms with van der Waals surface area (Å²) in [6.45, 7) is 3.55. The highest BCUT2D eigenvalue weighted by Crippen LogP contribution is 2.01. The van der Waals surface area contributed by atoms with E-state index < -0.39 is 12.0 Å². The van der Waals surface area contributed by atoms with Gasteiger partial charge in [0, 0.05) is 6.42 Å². The molecule has 0 amide bonds. The van der Waals surface area contributed by atoms with Gasteiger partial charge < -0.3 is 10.8 Å². The minimum absolute atomic E-state index is 0.0208. The molecule has 80 valence electrons. The normalized spacial score (nSPS) is 16.4. The van der Waals surface area contributed by atoms with E-state index in [1.807, 2.05) is 6.08 Å². The van der Waals surface area contributed by atoms with Crippen molar-refractivity contribution < 1.29 is 14.7 Å². The highest BCUT2D eigenvalue weighted by Gasteiger charge is 2.14. The Balaban J connectivity index is 0.000000249. The van der Waals surface area contributed by atoms with Gasteiger partial charge in [-0.1, -0.05) is 19.9 Å². The molecule has 0 aromatic rings. The highest BCUT2D eigenvalue weighted by molar-refractivity contribution is 5.91. The third kappa shape index (κ3) is 5.48. The molecule has 0 aromatic carbocycles. The Morgan fingerprint density at radius 2 is 2.14 bits per heavy atom. The van der Waals surface area contributed by atoms with Crippen LogP contribution < -0.4 is 5.73 Å². The van der Waals surface area contributed by atoms with Crippen LogP contribution >= 0.6 is 0 Å². The minimum atomic E-state index is -0.931. The zero-order valence-electron chi connectivity index (χ0n) is 8.56. The largest absolute Gasteiger partial charge is 0.480 e. The lowest BCUT2D eigenvalue weighted by molar-refractivity contribution is -0.139. The maximum absolute atomic E-state index is 10.2. The first-order valence-corrected chi connectivity index (χ1v) is 4.63. The van der Waals surface area contributed by atoms with Gasteiger partial charge in [-0.3, -0.25) is 9.59 Å². The van der Waals surface area contributed by atoms with Gasteiger partial charge >= 0.3 is 5.97 Å². The van der Waals surface area contributed by atoms with Crippen LogP contribution in [0.1, 0.15) is 26.7 Å². The molecule has 0 heterocycles. The number of rotatable bonds is 2. The topological polar surface area (TPSA) is 80.4 Å². The second-order valence-corrected chi connectivity index (χ2v) is 3.52. The number of carboxylic acid groups (broad SMARTS) is 1. The van der Waals surface area contributed by atoms with Crippen LogP contribution in [0.4, 0.5) is 0 Å². The third-order valence-electron chi connectivity index (χ3n) is 1.86. The van der Waals surface area contributed by atoms with Gasteiger partial charge in [-0.25, -0.2) is 0 Å². The number of hydrogen-bond donors (Lipinski definition) is 2. The van der Waals surface area contributed by atoms with E-state index in [1.165, 1.54) is 0 Å². The second-order valence-electron chi connectivity index (χ2n) is 3.52. The summed E-state index contributed by atoms with van der Waals surface area (Å²) in [5.74, 6) is -0.637. The maximum atomic E-state index is 10.2. The van der Waals surface area contributed by atoms with Crippen molar-refractivity contribution in [1.29, 1.82) is 0 Å². The average molecular weight is 199 g/mol. The maximum Gasteiger partial charge on any atom is 0.320 e. The molecule has 4 nitrogen and oxygen atoms in total. The molecule has 1 rings (SSSR count). The minimum Gasteiger partial charge on any atom is -0.480 e. The van der Waals surface area contributed by atoms with E-state index in [9.17, 15) is 9.59 Å². The van der Waals surface area contributed by atoms with E-state index in [0.717, 1.165) is 12.8 Å². The lowest BCUT2D eigenvalue weighted by Gasteiger charge is -2.07. The van der Waals surface area contributed by atoms with Crippen molar-refractivity contribution in [1.82, 2.24) is 0 Å². The van der Waals surface area contributed by atoms with Gasteiger partial charge in [0.2, 0.25) is 0 Å². The molecule has 4 heteroatoms. The Morgan fingerprint density at radius 1 is 1.57 bits per heavy atom. The molecule has 3 N–H and O–H groups in total. The Kier molecular flexibility index (Phi) is 5.79. The van der Waals surface area contributed by atoms with E-state index in [-0.39, 0.29) is 11.7 Å². The van der Waals surface area contributed by atoms with Gasteiger partial charge in [-0.05, 0) is 18.4 Å². The van der Waals surface area contributed by atoms with Crippen LogP contribution in [0.5, 0.6) is 0 Å². The summed E-state index contributed by atoms with van der Waals surface area (Å²) in [7, 11) is 0. The molecule has 14 heavy (non-hydrogen) atoms. The predicted molar refractivity (Wildman–Crippen MR) is 53.8 cm³/mol. The summed E-state index contributed by atoms with van der Waals surface area (Å²) in [4.78, 5) is 20.2. The first-order valence-electron chi connectivity index (χ1n) is 4.63. The average Bonchev–Trinajstić information content (AvgIpc) is 2.55. The van der Waals surface area contributed by atoms with Crippen molar-refractivity contribution in [3.63, 3.8) is 0 Å². The van der Waals surface area contributed by atoms with Gasteiger partial charge in [0.1, 0.15) is 6.04 Å². The molecule has 0 unspecified atom stereocenters. The second kappa shape index (κ2) is 6.32. The molecule has 1 atom stereocenters. The molecule has 0 aliphatic heterocycles. The standard InChI is InChI=1S/C5H11NO2.C5H6O/c1-3(2)4(6)5(7)8;6-5-3-1-2-4-5/h3-4H,6H2,1-2H3,(H,7,8);1,3H,2,4H2/t4-;/m0./s1. The molecule has 0 bridgehead atoms. The number of carbonyl (C=O) groups excluding carboxylic acids is 1. The summed E-state index contributed by atoms with van der Waals surface area (Å²) >= 11 is 0. The van der Waals surface area contributed by atoms with Crippen molar-refractivity contribution >= 4 is 11.8 Å². The zero-order valence-corrected chi connectivity index (χ0v) is 8.56. The fraction of sp³-hybridized carbons (Fsp3) is 0.600. The number of carboxylic acids is 1. The summed E-state index contributed by atoms with van der Waals surface area (Å²) in [5, 5.41) is 8.23. The third-order valence-corrected chi connectivity index (χ3v) is 1.86. The molecule has 0 saturated heterocycles. The Labute approximate surface area is 83.8 Å². The van der Waals surface area contributed by atoms with Crippen LogP contribution in [0.2, 0.25) is 0 Å². The van der Waals surface area contributed by atoms with Crippen LogP contribution in [0, 0.1) is 5.92 Å². The van der Waals surface area contributed by atoms with E-state index in [1.54, 1.807) is 19.9 Å². The van der Waals surface area contributed by atoms with Gasteiger partial charge in [0.05, 0.1) is 0 Å². The number of aliphatic carboxylic acids is 1. The first-order chi connectivity index (χ1) is 6.45. The number of allylic oxidation sites excluding steroid dienone is 2. The summed E-state index contributed by atoms with van der Waals surface area (Å²) in [6.07, 6.45) is 5.24. The SMILES string of the molecule is CC(C)[C@H](N)C(=O)O.O=C1C=CCC1. The first kappa shape index (κ1) is 12.8. The fourth-order valence-corrected chi connectivity index (χ4v) is 0.809. The van der Waals surface area contributed by atoms with Crippen molar-refractivity contribution in [2.45, 2.75) is 32.7 Å². The molecule has 0 saturated carbocycles. The number of carbonyl (C=O) groups is 2. The van der Waals surface area contributed by atoms with Crippen molar-refractivity contribution in [2.75, 3.05) is 0 Å². The van der Waals surface area contributed by atoms with Crippen LogP contribution in [-0.4, -0.2) is 22.9 Å². The van der Waals surface area contributed by atoms with Gasteiger partial charge in [0.15, 0.2) is 5.78 Å². The molecule has 0 aromatic heterocycles. The van der Waals surface area contributed by atoms with Crippen molar-refractivity contribution in [3.05, 3.63) is 12.2 Å². The Bertz CT molecular complexity index is 234. The predicted octanol–water partition coefficient (Wildman–Crippen LogP) is 0.960. The van der Waals surface area contributed by atoms with Crippen LogP contribution in [0.3, 0.4) is 0 Å². The Morgan fingerprint density at radius 3 is 2.21 bits per heavy atom. The van der Waals surface area contributed by atoms with Crippen LogP contribution in [-0.2, 0) is 9.59 Å². The van der Waals surface area contributed by atoms with Gasteiger partial charge in [0.25, 0.3) is 0 Å². The van der Waals surface area contributed by atoms with E-state index in [0.29, 0.717) is 0 Å².